The van der Waals surface area contributed by atoms with Gasteiger partial charge >= 0.3 is 0 Å². The highest BCUT2D eigenvalue weighted by Crippen LogP contribution is 2.34. The van der Waals surface area contributed by atoms with Gasteiger partial charge in [0.25, 0.3) is 0 Å². The second-order valence-electron chi connectivity index (χ2n) is 10.8. The van der Waals surface area contributed by atoms with E-state index < -0.39 is 0 Å². The number of nitrogens with one attached hydrogen (secondary N) is 1. The third kappa shape index (κ3) is 8.59. The van der Waals surface area contributed by atoms with Crippen LogP contribution in [0.25, 0.3) is 0 Å². The van der Waals surface area contributed by atoms with Crippen LogP contribution in [-0.2, 0) is 4.79 Å². The fraction of sp³-hybridized carbons (Fsp3) is 0.441. The molecular weight excluding hydrogens is 484 g/mol. The number of unbranched alkanes of at least 4 members (excludes halogenated alkanes) is 1. The zero-order valence-corrected chi connectivity index (χ0v) is 23.8. The molecule has 1 unspecified atom stereocenters. The largest absolute Gasteiger partial charge is 0.490 e. The Morgan fingerprint density at radius 3 is 2.36 bits per heavy atom. The van der Waals surface area contributed by atoms with Crippen LogP contribution in [0.5, 0.6) is 11.5 Å². The number of ether oxygens (including phenoxy) is 2. The van der Waals surface area contributed by atoms with Crippen molar-refractivity contribution in [2.24, 2.45) is 5.92 Å². The minimum absolute atomic E-state index is 0.00186. The molecule has 5 heteroatoms. The molecule has 1 amide bonds. The van der Waals surface area contributed by atoms with Crippen LogP contribution in [0.2, 0.25) is 0 Å². The number of rotatable bonds is 13. The topological polar surface area (TPSA) is 50.8 Å². The van der Waals surface area contributed by atoms with Crippen LogP contribution in [0.15, 0.2) is 78.9 Å². The lowest BCUT2D eigenvalue weighted by Crippen LogP contribution is -2.33. The van der Waals surface area contributed by atoms with Crippen LogP contribution in [0.4, 0.5) is 5.69 Å². The van der Waals surface area contributed by atoms with Crippen LogP contribution in [0, 0.1) is 5.92 Å². The summed E-state index contributed by atoms with van der Waals surface area (Å²) in [5.74, 6) is 2.22. The van der Waals surface area contributed by atoms with E-state index in [1.165, 1.54) is 11.1 Å². The van der Waals surface area contributed by atoms with E-state index in [9.17, 15) is 4.79 Å². The number of anilines is 1. The number of benzene rings is 3. The maximum Gasteiger partial charge on any atom is 0.226 e. The second-order valence-corrected chi connectivity index (χ2v) is 10.8. The molecule has 0 bridgehead atoms. The number of nitrogens with zero attached hydrogens (tertiary/aromatic N) is 1. The van der Waals surface area contributed by atoms with E-state index in [2.05, 4.69) is 58.7 Å². The maximum atomic E-state index is 12.1. The number of hydrogen-bond acceptors (Lipinski definition) is 4. The quantitative estimate of drug-likeness (QED) is 0.230. The highest BCUT2D eigenvalue weighted by molar-refractivity contribution is 5.92. The van der Waals surface area contributed by atoms with Crippen molar-refractivity contribution in [1.29, 1.82) is 0 Å². The highest BCUT2D eigenvalue weighted by atomic mass is 16.5. The number of carbonyl (C=O) groups excluding carboxylic acids is 1. The first kappa shape index (κ1) is 28.7. The van der Waals surface area contributed by atoms with Crippen molar-refractivity contribution in [2.75, 3.05) is 31.6 Å². The second kappa shape index (κ2) is 14.7. The molecule has 39 heavy (non-hydrogen) atoms. The Labute approximate surface area is 234 Å². The summed E-state index contributed by atoms with van der Waals surface area (Å²) in [4.78, 5) is 14.7. The molecule has 1 N–H and O–H groups in total. The zero-order valence-electron chi connectivity index (χ0n) is 23.8. The van der Waals surface area contributed by atoms with Crippen LogP contribution < -0.4 is 14.8 Å². The average Bonchev–Trinajstić information content (AvgIpc) is 2.96. The molecule has 208 valence electrons. The van der Waals surface area contributed by atoms with Crippen molar-refractivity contribution in [3.8, 4) is 11.5 Å². The SMILES string of the molecule is CCOc1ccccc1OC(CCCCN1CCC(c2cccc(NC(=O)C(C)C)c2)CC1)c1ccccc1. The van der Waals surface area contributed by atoms with Crippen molar-refractivity contribution < 1.29 is 14.3 Å². The predicted octanol–water partition coefficient (Wildman–Crippen LogP) is 7.85. The Hall–Kier alpha value is -3.31. The summed E-state index contributed by atoms with van der Waals surface area (Å²) in [6, 6.07) is 26.9. The molecule has 0 radical (unpaired) electrons. The predicted molar refractivity (Wildman–Crippen MR) is 160 cm³/mol. The molecule has 0 aliphatic carbocycles. The molecular formula is C34H44N2O3. The molecule has 1 fully saturated rings. The van der Waals surface area contributed by atoms with E-state index in [4.69, 9.17) is 9.47 Å². The van der Waals surface area contributed by atoms with E-state index in [0.29, 0.717) is 12.5 Å². The Balaban J connectivity index is 1.25. The van der Waals surface area contributed by atoms with Crippen molar-refractivity contribution in [3.05, 3.63) is 90.0 Å². The van der Waals surface area contributed by atoms with Gasteiger partial charge in [0.05, 0.1) is 6.61 Å². The van der Waals surface area contributed by atoms with E-state index in [-0.39, 0.29) is 17.9 Å². The number of amides is 1. The van der Waals surface area contributed by atoms with Gasteiger partial charge in [-0.25, -0.2) is 0 Å². The molecule has 5 nitrogen and oxygen atoms in total. The molecule has 1 aliphatic rings. The molecule has 3 aromatic carbocycles. The fourth-order valence-electron chi connectivity index (χ4n) is 5.25. The van der Waals surface area contributed by atoms with Crippen molar-refractivity contribution in [1.82, 2.24) is 4.90 Å². The number of hydrogen-bond donors (Lipinski definition) is 1. The lowest BCUT2D eigenvalue weighted by Gasteiger charge is -2.32. The first-order valence-corrected chi connectivity index (χ1v) is 14.6. The third-order valence-electron chi connectivity index (χ3n) is 7.52. The lowest BCUT2D eigenvalue weighted by atomic mass is 9.89. The minimum Gasteiger partial charge on any atom is -0.490 e. The molecule has 1 aliphatic heterocycles. The van der Waals surface area contributed by atoms with E-state index in [1.54, 1.807) is 0 Å². The standard InChI is InChI=1S/C34H44N2O3/c1-4-38-32-18-8-9-19-33(32)39-31(28-13-6-5-7-14-28)17-10-11-22-36-23-20-27(21-24-36)29-15-12-16-30(25-29)35-34(37)26(2)3/h5-9,12-16,18-19,25-27,31H,4,10-11,17,20-24H2,1-3H3,(H,35,37). The summed E-state index contributed by atoms with van der Waals surface area (Å²) in [5, 5.41) is 3.04. The number of likely N-dealkylation sites (tertiary alicyclic amines) is 1. The van der Waals surface area contributed by atoms with E-state index >= 15 is 0 Å². The number of carbonyl (C=O) groups is 1. The molecule has 1 saturated heterocycles. The summed E-state index contributed by atoms with van der Waals surface area (Å²) < 4.78 is 12.3. The fourth-order valence-corrected chi connectivity index (χ4v) is 5.25. The summed E-state index contributed by atoms with van der Waals surface area (Å²) >= 11 is 0. The Bertz CT molecular complexity index is 1160. The van der Waals surface area contributed by atoms with Gasteiger partial charge in [-0.15, -0.1) is 0 Å². The van der Waals surface area contributed by atoms with Gasteiger partial charge < -0.3 is 19.7 Å². The van der Waals surface area contributed by atoms with Gasteiger partial charge in [-0.1, -0.05) is 68.4 Å². The van der Waals surface area contributed by atoms with Gasteiger partial charge in [-0.05, 0) is 100.0 Å². The van der Waals surface area contributed by atoms with Crippen molar-refractivity contribution >= 4 is 11.6 Å². The Kier molecular flexibility index (Phi) is 10.8. The molecule has 0 saturated carbocycles. The van der Waals surface area contributed by atoms with Gasteiger partial charge in [-0.2, -0.15) is 0 Å². The van der Waals surface area contributed by atoms with Crippen molar-refractivity contribution in [2.45, 2.75) is 64.9 Å². The highest BCUT2D eigenvalue weighted by Gasteiger charge is 2.21. The average molecular weight is 529 g/mol. The molecule has 1 heterocycles. The maximum absolute atomic E-state index is 12.1. The van der Waals surface area contributed by atoms with Crippen LogP contribution >= 0.6 is 0 Å². The van der Waals surface area contributed by atoms with Gasteiger partial charge in [0.15, 0.2) is 11.5 Å². The first-order valence-electron chi connectivity index (χ1n) is 14.6. The molecule has 0 aromatic heterocycles. The van der Waals surface area contributed by atoms with Crippen LogP contribution in [0.3, 0.4) is 0 Å². The third-order valence-corrected chi connectivity index (χ3v) is 7.52. The number of para-hydroxylation sites is 2. The first-order chi connectivity index (χ1) is 19.0. The van der Waals surface area contributed by atoms with Gasteiger partial charge in [0.1, 0.15) is 6.10 Å². The Morgan fingerprint density at radius 2 is 1.64 bits per heavy atom. The van der Waals surface area contributed by atoms with Crippen molar-refractivity contribution in [3.63, 3.8) is 0 Å². The van der Waals surface area contributed by atoms with Gasteiger partial charge in [0.2, 0.25) is 5.91 Å². The Morgan fingerprint density at radius 1 is 0.923 bits per heavy atom. The number of piperidine rings is 1. The summed E-state index contributed by atoms with van der Waals surface area (Å²) in [6.07, 6.45) is 5.55. The minimum atomic E-state index is -0.0164. The summed E-state index contributed by atoms with van der Waals surface area (Å²) in [6.45, 7) is 9.82. The smallest absolute Gasteiger partial charge is 0.226 e. The zero-order chi connectivity index (χ0) is 27.5. The normalized spacial score (nSPS) is 15.2. The molecule has 1 atom stereocenters. The van der Waals surface area contributed by atoms with E-state index in [1.807, 2.05) is 51.1 Å². The molecule has 0 spiro atoms. The molecule has 3 aromatic rings. The lowest BCUT2D eigenvalue weighted by molar-refractivity contribution is -0.118. The van der Waals surface area contributed by atoms with Gasteiger partial charge in [0, 0.05) is 11.6 Å². The van der Waals surface area contributed by atoms with Gasteiger partial charge in [-0.3, -0.25) is 4.79 Å². The monoisotopic (exact) mass is 528 g/mol. The molecule has 4 rings (SSSR count). The van der Waals surface area contributed by atoms with Crippen LogP contribution in [-0.4, -0.2) is 37.0 Å². The van der Waals surface area contributed by atoms with E-state index in [0.717, 1.165) is 68.9 Å². The van der Waals surface area contributed by atoms with Crippen LogP contribution in [0.1, 0.15) is 76.0 Å². The summed E-state index contributed by atoms with van der Waals surface area (Å²) in [5.41, 5.74) is 3.45. The summed E-state index contributed by atoms with van der Waals surface area (Å²) in [7, 11) is 0.